The summed E-state index contributed by atoms with van der Waals surface area (Å²) in [4.78, 5) is 12.2. The average Bonchev–Trinajstić information content (AvgIpc) is 3.26. The highest BCUT2D eigenvalue weighted by molar-refractivity contribution is 6.31. The first-order chi connectivity index (χ1) is 13.4. The van der Waals surface area contributed by atoms with Crippen molar-refractivity contribution in [2.75, 3.05) is 6.54 Å². The van der Waals surface area contributed by atoms with Crippen molar-refractivity contribution in [2.24, 2.45) is 0 Å². The van der Waals surface area contributed by atoms with Crippen molar-refractivity contribution in [3.63, 3.8) is 0 Å². The Morgan fingerprint density at radius 1 is 1.21 bits per heavy atom. The van der Waals surface area contributed by atoms with Crippen molar-refractivity contribution in [3.05, 3.63) is 69.9 Å². The number of nitrogens with one attached hydrogen (secondary N) is 1. The molecule has 1 amide bonds. The lowest BCUT2D eigenvalue weighted by atomic mass is 10.2. The highest BCUT2D eigenvalue weighted by Gasteiger charge is 2.11. The molecule has 0 spiro atoms. The van der Waals surface area contributed by atoms with E-state index in [1.807, 2.05) is 37.6 Å². The molecule has 3 rings (SSSR count). The van der Waals surface area contributed by atoms with Gasteiger partial charge in [-0.3, -0.25) is 9.48 Å². The summed E-state index contributed by atoms with van der Waals surface area (Å²) in [6, 6.07) is 10.9. The maximum atomic E-state index is 12.2. The van der Waals surface area contributed by atoms with Gasteiger partial charge in [-0.2, -0.15) is 5.10 Å². The van der Waals surface area contributed by atoms with E-state index in [2.05, 4.69) is 10.4 Å². The minimum Gasteiger partial charge on any atom is -0.486 e. The number of hydrogen-bond donors (Lipinski definition) is 1. The maximum Gasteiger partial charge on any atom is 0.286 e. The number of nitrogens with zero attached hydrogens (tertiary/aromatic N) is 2. The van der Waals surface area contributed by atoms with Gasteiger partial charge in [0.1, 0.15) is 18.1 Å². The number of amides is 1. The molecule has 2 heterocycles. The second kappa shape index (κ2) is 8.97. The van der Waals surface area contributed by atoms with E-state index in [1.165, 1.54) is 0 Å². The normalized spacial score (nSPS) is 10.9. The van der Waals surface area contributed by atoms with Gasteiger partial charge in [0.05, 0.1) is 5.69 Å². The summed E-state index contributed by atoms with van der Waals surface area (Å²) in [5, 5.41) is 7.97. The molecule has 0 aliphatic carbocycles. The molecule has 0 fully saturated rings. The van der Waals surface area contributed by atoms with Crippen LogP contribution in [0.25, 0.3) is 0 Å². The number of aryl methyl sites for hydroxylation is 4. The number of ether oxygens (including phenoxy) is 1. The predicted octanol–water partition coefficient (Wildman–Crippen LogP) is 4.45. The van der Waals surface area contributed by atoms with Crippen LogP contribution in [0.15, 0.2) is 40.8 Å². The standard InChI is InChI=1S/C21H24ClN3O3/c1-14-11-17(5-7-19(14)22)27-13-18-6-8-20(28-18)21(26)23-9-4-10-25-16(3)12-15(2)24-25/h5-8,11-12H,4,9-10,13H2,1-3H3,(H,23,26). The number of aromatic nitrogens is 2. The van der Waals surface area contributed by atoms with Crippen LogP contribution in [0.5, 0.6) is 5.75 Å². The molecule has 0 aliphatic heterocycles. The van der Waals surface area contributed by atoms with Gasteiger partial charge in [-0.15, -0.1) is 0 Å². The first-order valence-corrected chi connectivity index (χ1v) is 9.57. The van der Waals surface area contributed by atoms with Crippen LogP contribution < -0.4 is 10.1 Å². The van der Waals surface area contributed by atoms with Crippen molar-refractivity contribution < 1.29 is 13.9 Å². The van der Waals surface area contributed by atoms with Crippen molar-refractivity contribution in [1.82, 2.24) is 15.1 Å². The Kier molecular flexibility index (Phi) is 6.41. The van der Waals surface area contributed by atoms with Crippen molar-refractivity contribution in [1.29, 1.82) is 0 Å². The molecule has 0 radical (unpaired) electrons. The lowest BCUT2D eigenvalue weighted by Gasteiger charge is -2.06. The second-order valence-corrected chi connectivity index (χ2v) is 7.13. The first-order valence-electron chi connectivity index (χ1n) is 9.19. The van der Waals surface area contributed by atoms with Gasteiger partial charge in [-0.1, -0.05) is 11.6 Å². The van der Waals surface area contributed by atoms with Crippen LogP contribution >= 0.6 is 11.6 Å². The average molecular weight is 402 g/mol. The van der Waals surface area contributed by atoms with Gasteiger partial charge in [0.2, 0.25) is 0 Å². The number of furan rings is 1. The number of hydrogen-bond acceptors (Lipinski definition) is 4. The van der Waals surface area contributed by atoms with Crippen LogP contribution in [0.2, 0.25) is 5.02 Å². The van der Waals surface area contributed by atoms with Crippen LogP contribution in [0, 0.1) is 20.8 Å². The summed E-state index contributed by atoms with van der Waals surface area (Å²) in [6.07, 6.45) is 0.792. The van der Waals surface area contributed by atoms with E-state index in [0.29, 0.717) is 23.1 Å². The molecule has 0 saturated heterocycles. The van der Waals surface area contributed by atoms with E-state index >= 15 is 0 Å². The van der Waals surface area contributed by atoms with Gasteiger partial charge in [0.15, 0.2) is 5.76 Å². The molecule has 0 unspecified atom stereocenters. The van der Waals surface area contributed by atoms with E-state index in [4.69, 9.17) is 20.8 Å². The topological polar surface area (TPSA) is 69.3 Å². The fraction of sp³-hybridized carbons (Fsp3) is 0.333. The van der Waals surface area contributed by atoms with E-state index in [9.17, 15) is 4.79 Å². The Bertz CT molecular complexity index is 962. The molecule has 0 aliphatic rings. The third-order valence-corrected chi connectivity index (χ3v) is 4.76. The molecule has 148 valence electrons. The summed E-state index contributed by atoms with van der Waals surface area (Å²) in [6.45, 7) is 7.46. The quantitative estimate of drug-likeness (QED) is 0.566. The van der Waals surface area contributed by atoms with Gasteiger partial charge >= 0.3 is 0 Å². The van der Waals surface area contributed by atoms with Gasteiger partial charge in [-0.25, -0.2) is 0 Å². The fourth-order valence-corrected chi connectivity index (χ4v) is 2.98. The zero-order chi connectivity index (χ0) is 20.1. The number of benzene rings is 1. The molecule has 1 N–H and O–H groups in total. The summed E-state index contributed by atoms with van der Waals surface area (Å²) < 4.78 is 13.2. The van der Waals surface area contributed by atoms with Crippen LogP contribution in [-0.4, -0.2) is 22.2 Å². The Morgan fingerprint density at radius 2 is 2.04 bits per heavy atom. The molecule has 1 aromatic carbocycles. The predicted molar refractivity (Wildman–Crippen MR) is 108 cm³/mol. The van der Waals surface area contributed by atoms with Crippen molar-refractivity contribution >= 4 is 17.5 Å². The zero-order valence-corrected chi connectivity index (χ0v) is 17.0. The number of halogens is 1. The minimum absolute atomic E-state index is 0.234. The molecule has 0 atom stereocenters. The Balaban J connectivity index is 1.44. The molecule has 2 aromatic heterocycles. The Morgan fingerprint density at radius 3 is 2.75 bits per heavy atom. The summed E-state index contributed by atoms with van der Waals surface area (Å²) in [5.74, 6) is 1.33. The molecule has 7 heteroatoms. The highest BCUT2D eigenvalue weighted by Crippen LogP contribution is 2.22. The lowest BCUT2D eigenvalue weighted by molar-refractivity contribution is 0.0921. The van der Waals surface area contributed by atoms with E-state index in [0.717, 1.165) is 29.9 Å². The fourth-order valence-electron chi connectivity index (χ4n) is 2.86. The molecule has 6 nitrogen and oxygen atoms in total. The molecule has 0 bridgehead atoms. The lowest BCUT2D eigenvalue weighted by Crippen LogP contribution is -2.25. The molecule has 28 heavy (non-hydrogen) atoms. The Hall–Kier alpha value is -2.73. The van der Waals surface area contributed by atoms with Crippen molar-refractivity contribution in [2.45, 2.75) is 40.3 Å². The van der Waals surface area contributed by atoms with E-state index < -0.39 is 0 Å². The largest absolute Gasteiger partial charge is 0.486 e. The van der Waals surface area contributed by atoms with Gasteiger partial charge in [0.25, 0.3) is 5.91 Å². The smallest absolute Gasteiger partial charge is 0.286 e. The zero-order valence-electron chi connectivity index (χ0n) is 16.3. The maximum absolute atomic E-state index is 12.2. The van der Waals surface area contributed by atoms with Crippen LogP contribution in [0.1, 0.15) is 39.7 Å². The summed E-state index contributed by atoms with van der Waals surface area (Å²) in [5.41, 5.74) is 3.06. The van der Waals surface area contributed by atoms with Crippen molar-refractivity contribution in [3.8, 4) is 5.75 Å². The van der Waals surface area contributed by atoms with Crippen LogP contribution in [0.4, 0.5) is 0 Å². The summed E-state index contributed by atoms with van der Waals surface area (Å²) >= 11 is 6.01. The molecule has 3 aromatic rings. The third-order valence-electron chi connectivity index (χ3n) is 4.33. The molecular weight excluding hydrogens is 378 g/mol. The second-order valence-electron chi connectivity index (χ2n) is 6.73. The molecule has 0 saturated carbocycles. The highest BCUT2D eigenvalue weighted by atomic mass is 35.5. The SMILES string of the molecule is Cc1cc(C)n(CCCNC(=O)c2ccc(COc3ccc(Cl)c(C)c3)o2)n1. The summed E-state index contributed by atoms with van der Waals surface area (Å²) in [7, 11) is 0. The van der Waals surface area contributed by atoms with Crippen LogP contribution in [-0.2, 0) is 13.2 Å². The van der Waals surface area contributed by atoms with E-state index in [1.54, 1.807) is 24.3 Å². The van der Waals surface area contributed by atoms with Gasteiger partial charge in [0, 0.05) is 23.8 Å². The third kappa shape index (κ3) is 5.16. The number of carbonyl (C=O) groups excluding carboxylic acids is 1. The van der Waals surface area contributed by atoms with E-state index in [-0.39, 0.29) is 18.3 Å². The Labute approximate surface area is 169 Å². The first kappa shape index (κ1) is 20.0. The van der Waals surface area contributed by atoms with Gasteiger partial charge < -0.3 is 14.5 Å². The number of rotatable bonds is 8. The monoisotopic (exact) mass is 401 g/mol. The number of carbonyl (C=O) groups is 1. The minimum atomic E-state index is -0.234. The van der Waals surface area contributed by atoms with Crippen LogP contribution in [0.3, 0.4) is 0 Å². The molecular formula is C21H24ClN3O3. The van der Waals surface area contributed by atoms with Gasteiger partial charge in [-0.05, 0) is 69.2 Å².